The molecule has 0 unspecified atom stereocenters. The lowest BCUT2D eigenvalue weighted by Gasteiger charge is -2.25. The lowest BCUT2D eigenvalue weighted by molar-refractivity contribution is -0.123. The zero-order valence-corrected chi connectivity index (χ0v) is 13.5. The molecule has 1 aliphatic heterocycles. The van der Waals surface area contributed by atoms with Crippen LogP contribution >= 0.6 is 0 Å². The first-order valence-corrected chi connectivity index (χ1v) is 8.13. The van der Waals surface area contributed by atoms with Crippen molar-refractivity contribution in [2.45, 2.75) is 19.1 Å². The van der Waals surface area contributed by atoms with Gasteiger partial charge in [0.2, 0.25) is 5.91 Å². The average Bonchev–Trinajstić information content (AvgIpc) is 3.00. The van der Waals surface area contributed by atoms with Gasteiger partial charge in [-0.05, 0) is 29.8 Å². The van der Waals surface area contributed by atoms with Gasteiger partial charge in [0.25, 0.3) is 5.91 Å². The Bertz CT molecular complexity index is 959. The van der Waals surface area contributed by atoms with Gasteiger partial charge in [0.15, 0.2) is 0 Å². The number of hydrogen-bond acceptors (Lipinski definition) is 3. The van der Waals surface area contributed by atoms with Crippen molar-refractivity contribution in [1.82, 2.24) is 15.2 Å². The van der Waals surface area contributed by atoms with E-state index in [0.717, 1.165) is 16.5 Å². The molecule has 4 N–H and O–H groups in total. The third kappa shape index (κ3) is 2.82. The van der Waals surface area contributed by atoms with E-state index in [1.165, 1.54) is 0 Å². The number of rotatable bonds is 3. The highest BCUT2D eigenvalue weighted by atomic mass is 16.2. The third-order valence-electron chi connectivity index (χ3n) is 4.48. The van der Waals surface area contributed by atoms with Crippen LogP contribution in [0.25, 0.3) is 10.9 Å². The number of para-hydroxylation sites is 1. The van der Waals surface area contributed by atoms with Crippen LogP contribution in [-0.2, 0) is 17.9 Å². The number of carbonyl (C=O) groups excluding carboxylic acids is 2. The molecule has 2 heterocycles. The van der Waals surface area contributed by atoms with Crippen molar-refractivity contribution in [3.05, 3.63) is 65.9 Å². The number of benzene rings is 2. The van der Waals surface area contributed by atoms with Gasteiger partial charge in [0, 0.05) is 23.1 Å². The molecule has 4 rings (SSSR count). The number of hydrogen-bond donors (Lipinski definition) is 3. The van der Waals surface area contributed by atoms with Gasteiger partial charge in [0.05, 0.1) is 6.54 Å². The Kier molecular flexibility index (Phi) is 3.65. The molecule has 3 aromatic rings. The quantitative estimate of drug-likeness (QED) is 0.636. The summed E-state index contributed by atoms with van der Waals surface area (Å²) in [5.41, 5.74) is 8.84. The summed E-state index contributed by atoms with van der Waals surface area (Å²) in [7, 11) is 0. The maximum absolute atomic E-state index is 12.5. The van der Waals surface area contributed by atoms with E-state index in [-0.39, 0.29) is 11.8 Å². The monoisotopic (exact) mass is 334 g/mol. The second-order valence-corrected chi connectivity index (χ2v) is 6.18. The molecule has 0 aliphatic carbocycles. The van der Waals surface area contributed by atoms with Crippen molar-refractivity contribution in [2.75, 3.05) is 5.73 Å². The summed E-state index contributed by atoms with van der Waals surface area (Å²) < 4.78 is 1.90. The SMILES string of the molecule is Nc1ccc(CNC(=O)[C@@H]2Cn3c(cc4ccccc43)C(=O)N2)cc1. The summed E-state index contributed by atoms with van der Waals surface area (Å²) in [6, 6.07) is 16.4. The van der Waals surface area contributed by atoms with Crippen LogP contribution in [0.4, 0.5) is 5.69 Å². The highest BCUT2D eigenvalue weighted by Crippen LogP contribution is 2.22. The van der Waals surface area contributed by atoms with Crippen LogP contribution in [0.15, 0.2) is 54.6 Å². The molecule has 6 nitrogen and oxygen atoms in total. The van der Waals surface area contributed by atoms with Crippen LogP contribution in [0.1, 0.15) is 16.1 Å². The molecule has 0 bridgehead atoms. The van der Waals surface area contributed by atoms with E-state index < -0.39 is 6.04 Å². The third-order valence-corrected chi connectivity index (χ3v) is 4.48. The number of nitrogens with zero attached hydrogens (tertiary/aromatic N) is 1. The number of nitrogens with two attached hydrogens (primary N) is 1. The van der Waals surface area contributed by atoms with Gasteiger partial charge in [-0.2, -0.15) is 0 Å². The lowest BCUT2D eigenvalue weighted by atomic mass is 10.1. The number of nitrogen functional groups attached to an aromatic ring is 1. The molecule has 0 saturated heterocycles. The van der Waals surface area contributed by atoms with E-state index in [4.69, 9.17) is 5.73 Å². The molecule has 6 heteroatoms. The van der Waals surface area contributed by atoms with Crippen LogP contribution in [0, 0.1) is 0 Å². The highest BCUT2D eigenvalue weighted by Gasteiger charge is 2.30. The Morgan fingerprint density at radius 1 is 1.20 bits per heavy atom. The number of aromatic nitrogens is 1. The largest absolute Gasteiger partial charge is 0.399 e. The maximum Gasteiger partial charge on any atom is 0.268 e. The van der Waals surface area contributed by atoms with Gasteiger partial charge < -0.3 is 20.9 Å². The summed E-state index contributed by atoms with van der Waals surface area (Å²) in [6.07, 6.45) is 0. The lowest BCUT2D eigenvalue weighted by Crippen LogP contribution is -2.52. The number of amides is 2. The molecule has 25 heavy (non-hydrogen) atoms. The van der Waals surface area contributed by atoms with E-state index >= 15 is 0 Å². The van der Waals surface area contributed by atoms with Crippen LogP contribution in [0.3, 0.4) is 0 Å². The Balaban J connectivity index is 1.51. The molecule has 1 atom stereocenters. The molecule has 0 spiro atoms. The van der Waals surface area contributed by atoms with Crippen LogP contribution < -0.4 is 16.4 Å². The molecular formula is C19H18N4O2. The van der Waals surface area contributed by atoms with Crippen molar-refractivity contribution in [3.63, 3.8) is 0 Å². The minimum absolute atomic E-state index is 0.200. The molecular weight excluding hydrogens is 316 g/mol. The smallest absolute Gasteiger partial charge is 0.268 e. The van der Waals surface area contributed by atoms with Crippen molar-refractivity contribution in [2.24, 2.45) is 0 Å². The van der Waals surface area contributed by atoms with Crippen LogP contribution in [0.5, 0.6) is 0 Å². The predicted octanol–water partition coefficient (Wildman–Crippen LogP) is 1.65. The summed E-state index contributed by atoms with van der Waals surface area (Å²) in [5.74, 6) is -0.427. The minimum atomic E-state index is -0.593. The first-order chi connectivity index (χ1) is 12.1. The number of nitrogens with one attached hydrogen (secondary N) is 2. The summed E-state index contributed by atoms with van der Waals surface area (Å²) in [6.45, 7) is 0.812. The van der Waals surface area contributed by atoms with Crippen molar-refractivity contribution in [1.29, 1.82) is 0 Å². The molecule has 0 radical (unpaired) electrons. The van der Waals surface area contributed by atoms with Crippen molar-refractivity contribution < 1.29 is 9.59 Å². The molecule has 126 valence electrons. The van der Waals surface area contributed by atoms with Gasteiger partial charge in [0.1, 0.15) is 11.7 Å². The minimum Gasteiger partial charge on any atom is -0.399 e. The van der Waals surface area contributed by atoms with E-state index in [2.05, 4.69) is 10.6 Å². The number of fused-ring (bicyclic) bond motifs is 3. The maximum atomic E-state index is 12.5. The van der Waals surface area contributed by atoms with Gasteiger partial charge in [-0.1, -0.05) is 30.3 Å². The predicted molar refractivity (Wildman–Crippen MR) is 95.9 cm³/mol. The molecule has 1 aromatic heterocycles. The summed E-state index contributed by atoms with van der Waals surface area (Å²) in [4.78, 5) is 24.8. The van der Waals surface area contributed by atoms with E-state index in [1.807, 2.05) is 47.0 Å². The molecule has 2 aromatic carbocycles. The first-order valence-electron chi connectivity index (χ1n) is 8.13. The van der Waals surface area contributed by atoms with Crippen molar-refractivity contribution >= 4 is 28.4 Å². The second kappa shape index (κ2) is 5.98. The Morgan fingerprint density at radius 3 is 2.76 bits per heavy atom. The average molecular weight is 334 g/mol. The topological polar surface area (TPSA) is 89.2 Å². The second-order valence-electron chi connectivity index (χ2n) is 6.18. The fraction of sp³-hybridized carbons (Fsp3) is 0.158. The van der Waals surface area contributed by atoms with Gasteiger partial charge in [-0.15, -0.1) is 0 Å². The van der Waals surface area contributed by atoms with Crippen molar-refractivity contribution in [3.8, 4) is 0 Å². The van der Waals surface area contributed by atoms with E-state index in [9.17, 15) is 9.59 Å². The van der Waals surface area contributed by atoms with E-state index in [1.54, 1.807) is 12.1 Å². The van der Waals surface area contributed by atoms with Crippen LogP contribution in [0.2, 0.25) is 0 Å². The normalized spacial score (nSPS) is 16.3. The van der Waals surface area contributed by atoms with Gasteiger partial charge in [-0.3, -0.25) is 9.59 Å². The number of carbonyl (C=O) groups is 2. The fourth-order valence-corrected chi connectivity index (χ4v) is 3.15. The van der Waals surface area contributed by atoms with E-state index in [0.29, 0.717) is 24.5 Å². The van der Waals surface area contributed by atoms with Gasteiger partial charge in [-0.25, -0.2) is 0 Å². The summed E-state index contributed by atoms with van der Waals surface area (Å²) >= 11 is 0. The Hall–Kier alpha value is -3.28. The molecule has 2 amide bonds. The highest BCUT2D eigenvalue weighted by molar-refractivity contribution is 6.02. The summed E-state index contributed by atoms with van der Waals surface area (Å²) in [5, 5.41) is 6.65. The standard InChI is InChI=1S/C19H18N4O2/c20-14-7-5-12(6-8-14)10-21-18(24)15-11-23-16-4-2-1-3-13(16)9-17(23)19(25)22-15/h1-9,15H,10-11,20H2,(H,21,24)(H,22,25)/t15-/m0/s1. The first kappa shape index (κ1) is 15.3. The van der Waals surface area contributed by atoms with Crippen LogP contribution in [-0.4, -0.2) is 22.4 Å². The molecule has 0 saturated carbocycles. The number of anilines is 1. The molecule has 1 aliphatic rings. The molecule has 0 fully saturated rings. The Morgan fingerprint density at radius 2 is 1.96 bits per heavy atom. The zero-order chi connectivity index (χ0) is 17.4. The van der Waals surface area contributed by atoms with Gasteiger partial charge >= 0.3 is 0 Å². The Labute approximate surface area is 144 Å². The fourth-order valence-electron chi connectivity index (χ4n) is 3.15. The zero-order valence-electron chi connectivity index (χ0n) is 13.5.